The first kappa shape index (κ1) is 14.5. The first-order valence-electron chi connectivity index (χ1n) is 6.06. The van der Waals surface area contributed by atoms with Crippen LogP contribution >= 0.6 is 23.2 Å². The van der Waals surface area contributed by atoms with Gasteiger partial charge in [-0.2, -0.15) is 0 Å². The number of hydrogen-bond acceptors (Lipinski definition) is 4. The van der Waals surface area contributed by atoms with Crippen molar-refractivity contribution in [3.63, 3.8) is 0 Å². The Morgan fingerprint density at radius 1 is 1.58 bits per heavy atom. The summed E-state index contributed by atoms with van der Waals surface area (Å²) in [4.78, 5) is 17.8. The third kappa shape index (κ3) is 3.79. The van der Waals surface area contributed by atoms with Gasteiger partial charge in [-0.1, -0.05) is 23.2 Å². The second-order valence-corrected chi connectivity index (χ2v) is 5.32. The Labute approximate surface area is 121 Å². The van der Waals surface area contributed by atoms with Gasteiger partial charge < -0.3 is 10.4 Å². The lowest BCUT2D eigenvalue weighted by atomic mass is 10.2. The molecule has 104 valence electrons. The smallest absolute Gasteiger partial charge is 0.239 e. The lowest BCUT2D eigenvalue weighted by molar-refractivity contribution is -0.117. The van der Waals surface area contributed by atoms with E-state index in [4.69, 9.17) is 23.2 Å². The number of halogens is 2. The molecule has 1 atom stereocenters. The fraction of sp³-hybridized carbons (Fsp3) is 0.500. The van der Waals surface area contributed by atoms with Crippen molar-refractivity contribution in [3.8, 4) is 0 Å². The average Bonchev–Trinajstić information content (AvgIpc) is 2.80. The summed E-state index contributed by atoms with van der Waals surface area (Å²) >= 11 is 11.7. The molecule has 1 aliphatic rings. The molecule has 0 spiro atoms. The lowest BCUT2D eigenvalue weighted by Gasteiger charge is -2.21. The third-order valence-electron chi connectivity index (χ3n) is 3.12. The predicted octanol–water partition coefficient (Wildman–Crippen LogP) is 1.78. The number of nitrogens with zero attached hydrogens (tertiary/aromatic N) is 2. The zero-order chi connectivity index (χ0) is 13.8. The normalized spacial score (nSPS) is 19.6. The molecular formula is C12H15Cl2N3O2. The Kier molecular flexibility index (Phi) is 4.99. The molecule has 1 aromatic heterocycles. The Hall–Kier alpha value is -0.880. The van der Waals surface area contributed by atoms with Crippen LogP contribution in [0.3, 0.4) is 0 Å². The fourth-order valence-corrected chi connectivity index (χ4v) is 2.60. The van der Waals surface area contributed by atoms with E-state index < -0.39 is 0 Å². The number of hydrogen-bond donors (Lipinski definition) is 2. The van der Waals surface area contributed by atoms with E-state index in [1.165, 1.54) is 12.3 Å². The summed E-state index contributed by atoms with van der Waals surface area (Å²) in [6.45, 7) is 1.12. The van der Waals surface area contributed by atoms with Crippen molar-refractivity contribution in [1.82, 2.24) is 9.88 Å². The molecule has 1 saturated heterocycles. The van der Waals surface area contributed by atoms with Crippen LogP contribution in [0.25, 0.3) is 0 Å². The molecule has 2 rings (SSSR count). The van der Waals surface area contributed by atoms with Crippen molar-refractivity contribution in [1.29, 1.82) is 0 Å². The van der Waals surface area contributed by atoms with Crippen LogP contribution in [0, 0.1) is 0 Å². The van der Waals surface area contributed by atoms with Gasteiger partial charge in [0.05, 0.1) is 23.2 Å². The van der Waals surface area contributed by atoms with Crippen LogP contribution < -0.4 is 5.32 Å². The number of aliphatic hydroxyl groups is 1. The predicted molar refractivity (Wildman–Crippen MR) is 74.6 cm³/mol. The molecule has 0 unspecified atom stereocenters. The maximum absolute atomic E-state index is 11.9. The van der Waals surface area contributed by atoms with E-state index in [0.29, 0.717) is 15.9 Å². The highest BCUT2D eigenvalue weighted by molar-refractivity contribution is 6.36. The molecule has 2 heterocycles. The molecule has 1 aliphatic heterocycles. The molecular weight excluding hydrogens is 289 g/mol. The largest absolute Gasteiger partial charge is 0.395 e. The maximum atomic E-state index is 11.9. The first-order chi connectivity index (χ1) is 9.10. The van der Waals surface area contributed by atoms with Crippen LogP contribution in [0.4, 0.5) is 5.82 Å². The van der Waals surface area contributed by atoms with E-state index >= 15 is 0 Å². The van der Waals surface area contributed by atoms with Gasteiger partial charge in [-0.25, -0.2) is 4.98 Å². The standard InChI is InChI=1S/C12H15Cl2N3O2/c13-8-4-10(14)12(15-5-8)16-11(19)6-17-3-1-2-9(17)7-18/h4-5,9,18H,1-3,6-7H2,(H,15,16,19)/t9-/m1/s1. The molecule has 1 aromatic rings. The number of likely N-dealkylation sites (tertiary alicyclic amines) is 1. The van der Waals surface area contributed by atoms with Crippen LogP contribution in [0.1, 0.15) is 12.8 Å². The topological polar surface area (TPSA) is 65.5 Å². The fourth-order valence-electron chi connectivity index (χ4n) is 2.17. The number of aliphatic hydroxyl groups excluding tert-OH is 1. The summed E-state index contributed by atoms with van der Waals surface area (Å²) in [6.07, 6.45) is 3.34. The van der Waals surface area contributed by atoms with Crippen LogP contribution in [-0.4, -0.2) is 46.6 Å². The summed E-state index contributed by atoms with van der Waals surface area (Å²) in [6, 6.07) is 1.59. The minimum atomic E-state index is -0.197. The molecule has 1 amide bonds. The van der Waals surface area contributed by atoms with E-state index in [0.717, 1.165) is 19.4 Å². The van der Waals surface area contributed by atoms with E-state index in [2.05, 4.69) is 10.3 Å². The summed E-state index contributed by atoms with van der Waals surface area (Å²) in [5.74, 6) is 0.105. The van der Waals surface area contributed by atoms with Gasteiger partial charge in [0.1, 0.15) is 0 Å². The van der Waals surface area contributed by atoms with Crippen molar-refractivity contribution in [3.05, 3.63) is 22.3 Å². The minimum Gasteiger partial charge on any atom is -0.395 e. The van der Waals surface area contributed by atoms with Crippen molar-refractivity contribution in [2.75, 3.05) is 25.0 Å². The van der Waals surface area contributed by atoms with Crippen molar-refractivity contribution in [2.24, 2.45) is 0 Å². The Morgan fingerprint density at radius 2 is 2.37 bits per heavy atom. The van der Waals surface area contributed by atoms with Gasteiger partial charge in [-0.05, 0) is 25.5 Å². The third-order valence-corrected chi connectivity index (χ3v) is 3.62. The zero-order valence-electron chi connectivity index (χ0n) is 10.3. The monoisotopic (exact) mass is 303 g/mol. The molecule has 0 bridgehead atoms. The van der Waals surface area contributed by atoms with E-state index in [1.807, 2.05) is 4.90 Å². The van der Waals surface area contributed by atoms with Gasteiger partial charge in [0.15, 0.2) is 5.82 Å². The highest BCUT2D eigenvalue weighted by atomic mass is 35.5. The average molecular weight is 304 g/mol. The summed E-state index contributed by atoms with van der Waals surface area (Å²) in [5, 5.41) is 12.6. The molecule has 1 fully saturated rings. The van der Waals surface area contributed by atoms with Crippen LogP contribution in [-0.2, 0) is 4.79 Å². The first-order valence-corrected chi connectivity index (χ1v) is 6.81. The number of nitrogens with one attached hydrogen (secondary N) is 1. The Morgan fingerprint density at radius 3 is 3.05 bits per heavy atom. The number of carbonyl (C=O) groups is 1. The van der Waals surface area contributed by atoms with Gasteiger partial charge in [-0.3, -0.25) is 9.69 Å². The molecule has 7 heteroatoms. The molecule has 0 aliphatic carbocycles. The van der Waals surface area contributed by atoms with Gasteiger partial charge >= 0.3 is 0 Å². The number of carbonyl (C=O) groups excluding carboxylic acids is 1. The Balaban J connectivity index is 1.94. The second kappa shape index (κ2) is 6.52. The van der Waals surface area contributed by atoms with E-state index in [9.17, 15) is 9.90 Å². The SMILES string of the molecule is O=C(CN1CCC[C@@H]1CO)Nc1ncc(Cl)cc1Cl. The second-order valence-electron chi connectivity index (χ2n) is 4.48. The molecule has 0 saturated carbocycles. The van der Waals surface area contributed by atoms with E-state index in [-0.39, 0.29) is 25.1 Å². The highest BCUT2D eigenvalue weighted by Crippen LogP contribution is 2.22. The maximum Gasteiger partial charge on any atom is 0.239 e. The zero-order valence-corrected chi connectivity index (χ0v) is 11.8. The molecule has 0 radical (unpaired) electrons. The van der Waals surface area contributed by atoms with Crippen molar-refractivity contribution < 1.29 is 9.90 Å². The van der Waals surface area contributed by atoms with Gasteiger partial charge in [-0.15, -0.1) is 0 Å². The quantitative estimate of drug-likeness (QED) is 0.890. The molecule has 19 heavy (non-hydrogen) atoms. The molecule has 2 N–H and O–H groups in total. The lowest BCUT2D eigenvalue weighted by Crippen LogP contribution is -2.38. The van der Waals surface area contributed by atoms with Crippen LogP contribution in [0.2, 0.25) is 10.0 Å². The van der Waals surface area contributed by atoms with E-state index in [1.54, 1.807) is 0 Å². The number of anilines is 1. The van der Waals surface area contributed by atoms with Crippen LogP contribution in [0.15, 0.2) is 12.3 Å². The van der Waals surface area contributed by atoms with Gasteiger partial charge in [0, 0.05) is 12.2 Å². The minimum absolute atomic E-state index is 0.0689. The summed E-state index contributed by atoms with van der Waals surface area (Å²) < 4.78 is 0. The molecule has 5 nitrogen and oxygen atoms in total. The Bertz CT molecular complexity index is 470. The van der Waals surface area contributed by atoms with Crippen molar-refractivity contribution in [2.45, 2.75) is 18.9 Å². The number of amides is 1. The van der Waals surface area contributed by atoms with Gasteiger partial charge in [0.25, 0.3) is 0 Å². The number of aromatic nitrogens is 1. The summed E-state index contributed by atoms with van der Waals surface area (Å²) in [7, 11) is 0. The van der Waals surface area contributed by atoms with Crippen LogP contribution in [0.5, 0.6) is 0 Å². The summed E-state index contributed by atoms with van der Waals surface area (Å²) in [5.41, 5.74) is 0. The van der Waals surface area contributed by atoms with Crippen molar-refractivity contribution >= 4 is 34.9 Å². The molecule has 0 aromatic carbocycles. The highest BCUT2D eigenvalue weighted by Gasteiger charge is 2.25. The van der Waals surface area contributed by atoms with Gasteiger partial charge in [0.2, 0.25) is 5.91 Å². The number of pyridine rings is 1. The number of rotatable bonds is 4.